The average molecular weight is 292 g/mol. The number of esters is 1. The van der Waals surface area contributed by atoms with Gasteiger partial charge in [-0.05, 0) is 36.8 Å². The fourth-order valence-corrected chi connectivity index (χ4v) is 1.89. The van der Waals surface area contributed by atoms with Crippen molar-refractivity contribution < 1.29 is 14.6 Å². The molecule has 0 amide bonds. The number of carbonyl (C=O) groups excluding carboxylic acids is 1. The molecule has 0 fully saturated rings. The third kappa shape index (κ3) is 3.56. The Morgan fingerprint density at radius 2 is 2.15 bits per heavy atom. The van der Waals surface area contributed by atoms with Crippen LogP contribution >= 0.6 is 11.6 Å². The number of pyridine rings is 1. The van der Waals surface area contributed by atoms with E-state index in [-0.39, 0.29) is 0 Å². The fraction of sp³-hybridized carbons (Fsp3) is 0.200. The predicted octanol–water partition coefficient (Wildman–Crippen LogP) is 3.01. The normalized spacial score (nSPS) is 13.6. The van der Waals surface area contributed by atoms with E-state index in [0.29, 0.717) is 16.3 Å². The maximum atomic E-state index is 12.0. The van der Waals surface area contributed by atoms with Gasteiger partial charge in [-0.15, -0.1) is 0 Å². The number of rotatable bonds is 4. The topological polar surface area (TPSA) is 59.4 Å². The summed E-state index contributed by atoms with van der Waals surface area (Å²) in [6, 6.07) is 9.96. The second kappa shape index (κ2) is 6.50. The minimum atomic E-state index is -0.963. The molecule has 0 aliphatic rings. The Morgan fingerprint density at radius 3 is 2.80 bits per heavy atom. The van der Waals surface area contributed by atoms with Crippen LogP contribution in [-0.4, -0.2) is 16.1 Å². The van der Waals surface area contributed by atoms with Gasteiger partial charge in [0.15, 0.2) is 0 Å². The van der Waals surface area contributed by atoms with Gasteiger partial charge in [0.1, 0.15) is 5.75 Å². The minimum Gasteiger partial charge on any atom is -0.426 e. The number of ether oxygens (including phenoxy) is 1. The van der Waals surface area contributed by atoms with Crippen LogP contribution < -0.4 is 4.74 Å². The summed E-state index contributed by atoms with van der Waals surface area (Å²) in [5, 5.41) is 10.6. The first-order valence-electron chi connectivity index (χ1n) is 6.13. The summed E-state index contributed by atoms with van der Waals surface area (Å²) in [6.45, 7) is 1.60. The smallest absolute Gasteiger partial charge is 0.317 e. The largest absolute Gasteiger partial charge is 0.426 e. The molecule has 4 nitrogen and oxygen atoms in total. The van der Waals surface area contributed by atoms with Crippen molar-refractivity contribution >= 4 is 17.6 Å². The Hall–Kier alpha value is -1.91. The summed E-state index contributed by atoms with van der Waals surface area (Å²) >= 11 is 5.82. The Bertz CT molecular complexity index is 589. The lowest BCUT2D eigenvalue weighted by atomic mass is 9.99. The molecule has 0 saturated carbocycles. The number of halogens is 1. The SMILES string of the molecule is CC(C(=O)Oc1cccc(Cl)c1)C(O)c1cccnc1. The number of aliphatic hydroxyl groups excluding tert-OH is 1. The molecule has 0 saturated heterocycles. The molecule has 1 heterocycles. The average Bonchev–Trinajstić information content (AvgIpc) is 2.46. The Kier molecular flexibility index (Phi) is 4.71. The lowest BCUT2D eigenvalue weighted by molar-refractivity contribution is -0.142. The first-order chi connectivity index (χ1) is 9.58. The van der Waals surface area contributed by atoms with Crippen molar-refractivity contribution in [1.29, 1.82) is 0 Å². The van der Waals surface area contributed by atoms with Crippen LogP contribution in [0.4, 0.5) is 0 Å². The molecular weight excluding hydrogens is 278 g/mol. The van der Waals surface area contributed by atoms with Gasteiger partial charge in [0.05, 0.1) is 12.0 Å². The van der Waals surface area contributed by atoms with Crippen LogP contribution in [0.25, 0.3) is 0 Å². The Balaban J connectivity index is 2.05. The Labute approximate surface area is 122 Å². The van der Waals surface area contributed by atoms with Crippen molar-refractivity contribution in [1.82, 2.24) is 4.98 Å². The number of hydrogen-bond acceptors (Lipinski definition) is 4. The summed E-state index contributed by atoms with van der Waals surface area (Å²) in [5.74, 6) is -0.880. The number of carbonyl (C=O) groups is 1. The van der Waals surface area contributed by atoms with Gasteiger partial charge in [0.2, 0.25) is 0 Å². The van der Waals surface area contributed by atoms with E-state index in [4.69, 9.17) is 16.3 Å². The van der Waals surface area contributed by atoms with Crippen LogP contribution in [0.2, 0.25) is 5.02 Å². The fourth-order valence-electron chi connectivity index (χ4n) is 1.71. The van der Waals surface area contributed by atoms with Crippen molar-refractivity contribution in [3.63, 3.8) is 0 Å². The number of aliphatic hydroxyl groups is 1. The van der Waals surface area contributed by atoms with Gasteiger partial charge in [-0.25, -0.2) is 0 Å². The van der Waals surface area contributed by atoms with E-state index in [1.165, 1.54) is 6.20 Å². The molecule has 0 spiro atoms. The lowest BCUT2D eigenvalue weighted by Gasteiger charge is -2.17. The van der Waals surface area contributed by atoms with Gasteiger partial charge >= 0.3 is 5.97 Å². The number of benzene rings is 1. The molecule has 2 aromatic rings. The van der Waals surface area contributed by atoms with Crippen LogP contribution in [-0.2, 0) is 4.79 Å². The van der Waals surface area contributed by atoms with E-state index in [9.17, 15) is 9.90 Å². The minimum absolute atomic E-state index is 0.354. The molecule has 5 heteroatoms. The summed E-state index contributed by atoms with van der Waals surface area (Å²) in [5.41, 5.74) is 0.572. The van der Waals surface area contributed by atoms with E-state index in [1.807, 2.05) is 0 Å². The summed E-state index contributed by atoms with van der Waals surface area (Å²) in [7, 11) is 0. The van der Waals surface area contributed by atoms with Crippen molar-refractivity contribution in [3.05, 3.63) is 59.4 Å². The van der Waals surface area contributed by atoms with Gasteiger partial charge in [0.25, 0.3) is 0 Å². The molecule has 20 heavy (non-hydrogen) atoms. The quantitative estimate of drug-likeness (QED) is 0.695. The predicted molar refractivity (Wildman–Crippen MR) is 75.4 cm³/mol. The number of nitrogens with zero attached hydrogens (tertiary/aromatic N) is 1. The van der Waals surface area contributed by atoms with Crippen molar-refractivity contribution in [3.8, 4) is 5.75 Å². The molecule has 2 unspecified atom stereocenters. The van der Waals surface area contributed by atoms with E-state index in [1.54, 1.807) is 49.5 Å². The highest BCUT2D eigenvalue weighted by Crippen LogP contribution is 2.24. The van der Waals surface area contributed by atoms with Crippen LogP contribution in [0.1, 0.15) is 18.6 Å². The number of aromatic nitrogens is 1. The van der Waals surface area contributed by atoms with Crippen molar-refractivity contribution in [2.75, 3.05) is 0 Å². The summed E-state index contributed by atoms with van der Waals surface area (Å²) < 4.78 is 5.20. The van der Waals surface area contributed by atoms with Crippen molar-refractivity contribution in [2.45, 2.75) is 13.0 Å². The summed E-state index contributed by atoms with van der Waals surface area (Å²) in [4.78, 5) is 15.9. The van der Waals surface area contributed by atoms with Crippen LogP contribution in [0.5, 0.6) is 5.75 Å². The zero-order chi connectivity index (χ0) is 14.5. The second-order valence-corrected chi connectivity index (χ2v) is 4.83. The maximum absolute atomic E-state index is 12.0. The van der Waals surface area contributed by atoms with Gasteiger partial charge in [0, 0.05) is 17.4 Å². The maximum Gasteiger partial charge on any atom is 0.317 e. The highest BCUT2D eigenvalue weighted by molar-refractivity contribution is 6.30. The first kappa shape index (κ1) is 14.5. The molecule has 2 rings (SSSR count). The third-order valence-corrected chi connectivity index (χ3v) is 3.12. The molecule has 1 N–H and O–H groups in total. The molecule has 1 aromatic carbocycles. The van der Waals surface area contributed by atoms with Gasteiger partial charge in [-0.2, -0.15) is 0 Å². The molecule has 0 aliphatic heterocycles. The molecule has 0 bridgehead atoms. The highest BCUT2D eigenvalue weighted by atomic mass is 35.5. The van der Waals surface area contributed by atoms with E-state index in [0.717, 1.165) is 0 Å². The third-order valence-electron chi connectivity index (χ3n) is 2.89. The highest BCUT2D eigenvalue weighted by Gasteiger charge is 2.25. The van der Waals surface area contributed by atoms with Crippen LogP contribution in [0.3, 0.4) is 0 Å². The van der Waals surface area contributed by atoms with Crippen LogP contribution in [0.15, 0.2) is 48.8 Å². The first-order valence-corrected chi connectivity index (χ1v) is 6.51. The van der Waals surface area contributed by atoms with Gasteiger partial charge in [-0.1, -0.05) is 23.7 Å². The molecule has 0 radical (unpaired) electrons. The monoisotopic (exact) mass is 291 g/mol. The zero-order valence-corrected chi connectivity index (χ0v) is 11.6. The standard InChI is InChI=1S/C15H14ClNO3/c1-10(14(18)11-4-3-7-17-9-11)15(19)20-13-6-2-5-12(16)8-13/h2-10,14,18H,1H3. The van der Waals surface area contributed by atoms with Crippen LogP contribution in [0, 0.1) is 5.92 Å². The second-order valence-electron chi connectivity index (χ2n) is 4.40. The summed E-state index contributed by atoms with van der Waals surface area (Å²) in [6.07, 6.45) is 2.16. The van der Waals surface area contributed by atoms with Crippen molar-refractivity contribution in [2.24, 2.45) is 5.92 Å². The van der Waals surface area contributed by atoms with E-state index >= 15 is 0 Å². The molecular formula is C15H14ClNO3. The molecule has 2 atom stereocenters. The van der Waals surface area contributed by atoms with E-state index in [2.05, 4.69) is 4.98 Å². The van der Waals surface area contributed by atoms with Gasteiger partial charge < -0.3 is 9.84 Å². The molecule has 1 aromatic heterocycles. The number of hydrogen-bond donors (Lipinski definition) is 1. The molecule has 104 valence electrons. The molecule has 0 aliphatic carbocycles. The van der Waals surface area contributed by atoms with E-state index < -0.39 is 18.0 Å². The van der Waals surface area contributed by atoms with Gasteiger partial charge in [-0.3, -0.25) is 9.78 Å². The zero-order valence-electron chi connectivity index (χ0n) is 10.9. The Morgan fingerprint density at radius 1 is 1.35 bits per heavy atom. The lowest BCUT2D eigenvalue weighted by Crippen LogP contribution is -2.24.